The Morgan fingerprint density at radius 3 is 2.57 bits per heavy atom. The monoisotopic (exact) mass is 305 g/mol. The van der Waals surface area contributed by atoms with Gasteiger partial charge in [0.2, 0.25) is 0 Å². The fourth-order valence-electron chi connectivity index (χ4n) is 3.93. The Hall–Kier alpha value is -2.29. The first-order valence-electron chi connectivity index (χ1n) is 8.48. The zero-order valence-corrected chi connectivity index (χ0v) is 13.8. The molecule has 3 heteroatoms. The molecule has 0 saturated carbocycles. The molecular weight excluding hydrogens is 282 g/mol. The summed E-state index contributed by atoms with van der Waals surface area (Å²) in [6.07, 6.45) is 2.39. The number of hydrogen-bond acceptors (Lipinski definition) is 2. The van der Waals surface area contributed by atoms with Crippen molar-refractivity contribution in [3.8, 4) is 0 Å². The number of aryl methyl sites for hydroxylation is 2. The van der Waals surface area contributed by atoms with Crippen LogP contribution in [0.2, 0.25) is 0 Å². The lowest BCUT2D eigenvalue weighted by atomic mass is 9.87. The highest BCUT2D eigenvalue weighted by Crippen LogP contribution is 2.36. The molecule has 3 nitrogen and oxygen atoms in total. The zero-order valence-electron chi connectivity index (χ0n) is 13.8. The number of rotatable bonds is 2. The van der Waals surface area contributed by atoms with E-state index in [-0.39, 0.29) is 0 Å². The Balaban J connectivity index is 1.56. The van der Waals surface area contributed by atoms with Crippen molar-refractivity contribution in [3.63, 3.8) is 0 Å². The summed E-state index contributed by atoms with van der Waals surface area (Å²) in [4.78, 5) is 10.6. The summed E-state index contributed by atoms with van der Waals surface area (Å²) >= 11 is 0. The van der Waals surface area contributed by atoms with Crippen molar-refractivity contribution < 1.29 is 0 Å². The van der Waals surface area contributed by atoms with Crippen LogP contribution in [0.4, 0.5) is 5.82 Å². The molecule has 1 N–H and O–H groups in total. The minimum absolute atomic E-state index is 0.646. The summed E-state index contributed by atoms with van der Waals surface area (Å²) in [7, 11) is 0. The Bertz CT molecular complexity index is 826. The number of pyridine rings is 1. The quantitative estimate of drug-likeness (QED) is 0.752. The number of anilines is 1. The third kappa shape index (κ3) is 2.61. The van der Waals surface area contributed by atoms with E-state index >= 15 is 0 Å². The summed E-state index contributed by atoms with van der Waals surface area (Å²) in [6.45, 7) is 6.44. The molecule has 2 aromatic heterocycles. The number of nitrogens with one attached hydrogen (secondary N) is 1. The number of aromatic nitrogens is 2. The number of fused-ring (bicyclic) bond motifs is 1. The van der Waals surface area contributed by atoms with Gasteiger partial charge in [-0.15, -0.1) is 0 Å². The number of piperidine rings is 1. The van der Waals surface area contributed by atoms with Gasteiger partial charge in [-0.3, -0.25) is 0 Å². The summed E-state index contributed by atoms with van der Waals surface area (Å²) in [5, 5.41) is 1.40. The van der Waals surface area contributed by atoms with Crippen LogP contribution in [-0.4, -0.2) is 23.1 Å². The molecule has 1 fully saturated rings. The van der Waals surface area contributed by atoms with Gasteiger partial charge < -0.3 is 9.88 Å². The highest BCUT2D eigenvalue weighted by atomic mass is 15.2. The molecule has 0 atom stereocenters. The van der Waals surface area contributed by atoms with Gasteiger partial charge in [0.05, 0.1) is 0 Å². The number of hydrogen-bond donors (Lipinski definition) is 1. The highest BCUT2D eigenvalue weighted by Gasteiger charge is 2.25. The van der Waals surface area contributed by atoms with E-state index in [1.807, 2.05) is 0 Å². The third-order valence-electron chi connectivity index (χ3n) is 5.04. The second-order valence-electron chi connectivity index (χ2n) is 6.61. The molecule has 1 saturated heterocycles. The number of benzene rings is 1. The van der Waals surface area contributed by atoms with E-state index in [0.717, 1.165) is 24.6 Å². The van der Waals surface area contributed by atoms with Crippen molar-refractivity contribution in [1.29, 1.82) is 0 Å². The lowest BCUT2D eigenvalue weighted by Crippen LogP contribution is -2.33. The fraction of sp³-hybridized carbons (Fsp3) is 0.350. The third-order valence-corrected chi connectivity index (χ3v) is 5.04. The first-order chi connectivity index (χ1) is 11.2. The van der Waals surface area contributed by atoms with E-state index in [1.165, 1.54) is 35.0 Å². The van der Waals surface area contributed by atoms with Gasteiger partial charge in [-0.05, 0) is 56.4 Å². The summed E-state index contributed by atoms with van der Waals surface area (Å²) < 4.78 is 0. The van der Waals surface area contributed by atoms with Gasteiger partial charge in [-0.2, -0.15) is 0 Å². The van der Waals surface area contributed by atoms with Gasteiger partial charge in [-0.1, -0.05) is 24.3 Å². The Kier molecular flexibility index (Phi) is 3.56. The van der Waals surface area contributed by atoms with E-state index < -0.39 is 0 Å². The first kappa shape index (κ1) is 14.3. The van der Waals surface area contributed by atoms with E-state index in [9.17, 15) is 0 Å². The molecule has 0 aliphatic carbocycles. The van der Waals surface area contributed by atoms with Crippen LogP contribution in [0.3, 0.4) is 0 Å². The smallest absolute Gasteiger partial charge is 0.128 e. The molecule has 1 aliphatic rings. The van der Waals surface area contributed by atoms with Crippen molar-refractivity contribution in [2.75, 3.05) is 18.0 Å². The van der Waals surface area contributed by atoms with Crippen molar-refractivity contribution in [3.05, 3.63) is 59.4 Å². The lowest BCUT2D eigenvalue weighted by Gasteiger charge is -2.33. The predicted octanol–water partition coefficient (Wildman–Crippen LogP) is 4.56. The Labute approximate surface area is 137 Å². The molecule has 4 rings (SSSR count). The van der Waals surface area contributed by atoms with E-state index in [0.29, 0.717) is 5.92 Å². The average molecular weight is 305 g/mol. The van der Waals surface area contributed by atoms with Crippen LogP contribution < -0.4 is 4.90 Å². The van der Waals surface area contributed by atoms with Crippen LogP contribution in [0.1, 0.15) is 35.7 Å². The van der Waals surface area contributed by atoms with Gasteiger partial charge in [0.25, 0.3) is 0 Å². The van der Waals surface area contributed by atoms with Crippen LogP contribution in [0, 0.1) is 13.8 Å². The van der Waals surface area contributed by atoms with Crippen LogP contribution in [-0.2, 0) is 0 Å². The molecule has 0 bridgehead atoms. The fourth-order valence-corrected chi connectivity index (χ4v) is 3.93. The largest absolute Gasteiger partial charge is 0.358 e. The van der Waals surface area contributed by atoms with Crippen molar-refractivity contribution in [1.82, 2.24) is 9.97 Å². The first-order valence-corrected chi connectivity index (χ1v) is 8.48. The maximum atomic E-state index is 4.67. The lowest BCUT2D eigenvalue weighted by molar-refractivity contribution is 0.503. The molecule has 23 heavy (non-hydrogen) atoms. The van der Waals surface area contributed by atoms with Gasteiger partial charge in [0, 0.05) is 35.4 Å². The summed E-state index contributed by atoms with van der Waals surface area (Å²) in [5.41, 5.74) is 5.22. The SMILES string of the molecule is Cc1cccc(N2CCC(c3c(C)[nH]c4ccccc34)CC2)n1. The van der Waals surface area contributed by atoms with Crippen LogP contribution >= 0.6 is 0 Å². The topological polar surface area (TPSA) is 31.9 Å². The van der Waals surface area contributed by atoms with Gasteiger partial charge in [-0.25, -0.2) is 4.98 Å². The van der Waals surface area contributed by atoms with Gasteiger partial charge in [0.15, 0.2) is 0 Å². The van der Waals surface area contributed by atoms with Gasteiger partial charge in [0.1, 0.15) is 5.82 Å². The minimum Gasteiger partial charge on any atom is -0.358 e. The minimum atomic E-state index is 0.646. The molecule has 1 aliphatic heterocycles. The van der Waals surface area contributed by atoms with Crippen molar-refractivity contribution >= 4 is 16.7 Å². The average Bonchev–Trinajstić information content (AvgIpc) is 2.91. The Morgan fingerprint density at radius 1 is 1.00 bits per heavy atom. The van der Waals surface area contributed by atoms with Crippen LogP contribution in [0.5, 0.6) is 0 Å². The van der Waals surface area contributed by atoms with Crippen molar-refractivity contribution in [2.24, 2.45) is 0 Å². The summed E-state index contributed by atoms with van der Waals surface area (Å²) in [6, 6.07) is 15.0. The van der Waals surface area contributed by atoms with E-state index in [1.54, 1.807) is 0 Å². The second kappa shape index (κ2) is 5.73. The molecule has 0 amide bonds. The number of H-pyrrole nitrogens is 1. The molecule has 1 aromatic carbocycles. The molecule has 0 spiro atoms. The normalized spacial score (nSPS) is 16.2. The van der Waals surface area contributed by atoms with Crippen LogP contribution in [0.25, 0.3) is 10.9 Å². The maximum Gasteiger partial charge on any atom is 0.128 e. The Morgan fingerprint density at radius 2 is 1.78 bits per heavy atom. The van der Waals surface area contributed by atoms with E-state index in [4.69, 9.17) is 0 Å². The maximum absolute atomic E-state index is 4.67. The number of aromatic amines is 1. The molecule has 3 heterocycles. The molecule has 0 unspecified atom stereocenters. The second-order valence-corrected chi connectivity index (χ2v) is 6.61. The number of nitrogens with zero attached hydrogens (tertiary/aromatic N) is 2. The standard InChI is InChI=1S/C20H23N3/c1-14-6-5-9-19(21-14)23-12-10-16(11-13-23)20-15(2)22-18-8-4-3-7-17(18)20/h3-9,16,22H,10-13H2,1-2H3. The zero-order chi connectivity index (χ0) is 15.8. The highest BCUT2D eigenvalue weighted by molar-refractivity contribution is 5.85. The predicted molar refractivity (Wildman–Crippen MR) is 96.2 cm³/mol. The molecular formula is C20H23N3. The molecule has 118 valence electrons. The van der Waals surface area contributed by atoms with Crippen LogP contribution in [0.15, 0.2) is 42.5 Å². The van der Waals surface area contributed by atoms with Crippen molar-refractivity contribution in [2.45, 2.75) is 32.6 Å². The summed E-state index contributed by atoms with van der Waals surface area (Å²) in [5.74, 6) is 1.77. The van der Waals surface area contributed by atoms with Gasteiger partial charge >= 0.3 is 0 Å². The molecule has 0 radical (unpaired) electrons. The molecule has 3 aromatic rings. The van der Waals surface area contributed by atoms with E-state index in [2.05, 4.69) is 71.2 Å². The number of para-hydroxylation sites is 1.